The van der Waals surface area contributed by atoms with Crippen molar-refractivity contribution in [3.63, 3.8) is 0 Å². The summed E-state index contributed by atoms with van der Waals surface area (Å²) in [5.74, 6) is -0.114. The molecule has 3 heterocycles. The van der Waals surface area contributed by atoms with E-state index in [2.05, 4.69) is 10.1 Å². The zero-order valence-electron chi connectivity index (χ0n) is 17.1. The largest absolute Gasteiger partial charge is 0.372 e. The molecule has 1 aliphatic rings. The molecule has 1 aromatic carbocycles. The van der Waals surface area contributed by atoms with Gasteiger partial charge in [-0.1, -0.05) is 12.1 Å². The predicted octanol–water partition coefficient (Wildman–Crippen LogP) is 1.83. The number of benzene rings is 1. The predicted molar refractivity (Wildman–Crippen MR) is 109 cm³/mol. The van der Waals surface area contributed by atoms with E-state index in [1.165, 1.54) is 17.1 Å². The van der Waals surface area contributed by atoms with E-state index in [-0.39, 0.29) is 30.2 Å². The van der Waals surface area contributed by atoms with Gasteiger partial charge >= 0.3 is 0 Å². The average molecular weight is 395 g/mol. The molecule has 0 radical (unpaired) electrons. The van der Waals surface area contributed by atoms with Crippen molar-refractivity contribution in [3.8, 4) is 5.69 Å². The van der Waals surface area contributed by atoms with Crippen LogP contribution in [0.2, 0.25) is 0 Å². The lowest BCUT2D eigenvalue weighted by atomic mass is 10.1. The molecule has 4 rings (SSSR count). The number of hydrogen-bond donors (Lipinski definition) is 0. The van der Waals surface area contributed by atoms with Gasteiger partial charge in [-0.05, 0) is 44.9 Å². The minimum atomic E-state index is -0.269. The smallest absolute Gasteiger partial charge is 0.264 e. The fourth-order valence-corrected chi connectivity index (χ4v) is 3.83. The van der Waals surface area contributed by atoms with Gasteiger partial charge in [0.1, 0.15) is 18.3 Å². The molecule has 1 saturated heterocycles. The van der Waals surface area contributed by atoms with Gasteiger partial charge in [-0.2, -0.15) is 5.10 Å². The van der Waals surface area contributed by atoms with Crippen LogP contribution in [-0.2, 0) is 16.1 Å². The molecule has 29 heavy (non-hydrogen) atoms. The van der Waals surface area contributed by atoms with Crippen molar-refractivity contribution in [1.82, 2.24) is 24.2 Å². The first-order valence-electron chi connectivity index (χ1n) is 9.78. The summed E-state index contributed by atoms with van der Waals surface area (Å²) in [5, 5.41) is 4.78. The van der Waals surface area contributed by atoms with Gasteiger partial charge in [0.2, 0.25) is 5.91 Å². The SMILES string of the molecule is Cc1cccc(-n2ncc3c(=O)n(CC(=O)N4C[C@H](C)O[C@@H](C)C4)cnc32)c1C. The van der Waals surface area contributed by atoms with Crippen molar-refractivity contribution in [3.05, 3.63) is 52.2 Å². The number of carbonyl (C=O) groups excluding carboxylic acids is 1. The molecule has 2 aromatic heterocycles. The van der Waals surface area contributed by atoms with E-state index in [0.29, 0.717) is 24.1 Å². The standard InChI is InChI=1S/C21H25N5O3/c1-13-6-5-7-18(16(13)4)26-20-17(8-23-26)21(28)25(12-22-20)11-19(27)24-9-14(2)29-15(3)10-24/h5-8,12,14-15H,9-11H2,1-4H3/t14-,15-/m0/s1. The molecule has 1 aliphatic heterocycles. The summed E-state index contributed by atoms with van der Waals surface area (Å²) < 4.78 is 8.70. The second kappa shape index (κ2) is 7.44. The molecule has 1 fully saturated rings. The first-order valence-corrected chi connectivity index (χ1v) is 9.78. The van der Waals surface area contributed by atoms with Crippen LogP contribution in [0.1, 0.15) is 25.0 Å². The van der Waals surface area contributed by atoms with Gasteiger partial charge in [-0.3, -0.25) is 14.2 Å². The first kappa shape index (κ1) is 19.3. The number of amides is 1. The second-order valence-electron chi connectivity index (χ2n) is 7.75. The van der Waals surface area contributed by atoms with Crippen LogP contribution in [0, 0.1) is 13.8 Å². The van der Waals surface area contributed by atoms with Crippen molar-refractivity contribution < 1.29 is 9.53 Å². The van der Waals surface area contributed by atoms with Crippen LogP contribution in [0.5, 0.6) is 0 Å². The summed E-state index contributed by atoms with van der Waals surface area (Å²) in [6.07, 6.45) is 2.91. The van der Waals surface area contributed by atoms with Gasteiger partial charge in [-0.15, -0.1) is 0 Å². The van der Waals surface area contributed by atoms with Crippen molar-refractivity contribution in [1.29, 1.82) is 0 Å². The van der Waals surface area contributed by atoms with Crippen molar-refractivity contribution in [2.75, 3.05) is 13.1 Å². The van der Waals surface area contributed by atoms with Gasteiger partial charge in [0.25, 0.3) is 5.56 Å². The Kier molecular flexibility index (Phi) is 4.96. The zero-order valence-corrected chi connectivity index (χ0v) is 17.1. The number of hydrogen-bond acceptors (Lipinski definition) is 5. The molecular formula is C21H25N5O3. The molecule has 3 aromatic rings. The third-order valence-corrected chi connectivity index (χ3v) is 5.44. The molecule has 8 heteroatoms. The molecule has 0 N–H and O–H groups in total. The lowest BCUT2D eigenvalue weighted by molar-refractivity contribution is -0.143. The van der Waals surface area contributed by atoms with Crippen LogP contribution in [0.15, 0.2) is 35.5 Å². The van der Waals surface area contributed by atoms with E-state index in [1.54, 1.807) is 9.58 Å². The van der Waals surface area contributed by atoms with Gasteiger partial charge in [0.15, 0.2) is 5.65 Å². The van der Waals surface area contributed by atoms with Gasteiger partial charge in [0, 0.05) is 13.1 Å². The molecule has 8 nitrogen and oxygen atoms in total. The van der Waals surface area contributed by atoms with Crippen LogP contribution < -0.4 is 5.56 Å². The third kappa shape index (κ3) is 3.55. The summed E-state index contributed by atoms with van der Waals surface area (Å²) in [7, 11) is 0. The van der Waals surface area contributed by atoms with Gasteiger partial charge in [-0.25, -0.2) is 9.67 Å². The fraction of sp³-hybridized carbons (Fsp3) is 0.429. The van der Waals surface area contributed by atoms with E-state index in [9.17, 15) is 9.59 Å². The summed E-state index contributed by atoms with van der Waals surface area (Å²) in [5.41, 5.74) is 3.32. The Morgan fingerprint density at radius 2 is 1.93 bits per heavy atom. The number of carbonyl (C=O) groups is 1. The normalized spacial score (nSPS) is 19.7. The Balaban J connectivity index is 1.65. The Bertz CT molecular complexity index is 1120. The summed E-state index contributed by atoms with van der Waals surface area (Å²) in [6, 6.07) is 5.94. The fourth-order valence-electron chi connectivity index (χ4n) is 3.83. The van der Waals surface area contributed by atoms with E-state index >= 15 is 0 Å². The Morgan fingerprint density at radius 1 is 1.21 bits per heavy atom. The molecule has 0 saturated carbocycles. The van der Waals surface area contributed by atoms with Gasteiger partial charge in [0.05, 0.1) is 24.1 Å². The highest BCUT2D eigenvalue weighted by atomic mass is 16.5. The highest BCUT2D eigenvalue weighted by Crippen LogP contribution is 2.20. The topological polar surface area (TPSA) is 82.2 Å². The number of ether oxygens (including phenoxy) is 1. The van der Waals surface area contributed by atoms with Crippen molar-refractivity contribution in [2.45, 2.75) is 46.4 Å². The number of fused-ring (bicyclic) bond motifs is 1. The lowest BCUT2D eigenvalue weighted by Crippen LogP contribution is -2.49. The van der Waals surface area contributed by atoms with E-state index in [0.717, 1.165) is 16.8 Å². The Labute approximate surface area is 168 Å². The number of aromatic nitrogens is 4. The molecule has 2 atom stereocenters. The van der Waals surface area contributed by atoms with Crippen LogP contribution in [0.4, 0.5) is 0 Å². The maximum absolute atomic E-state index is 12.9. The minimum absolute atomic E-state index is 0.0178. The van der Waals surface area contributed by atoms with Crippen LogP contribution in [0.25, 0.3) is 16.7 Å². The molecule has 0 unspecified atom stereocenters. The van der Waals surface area contributed by atoms with Crippen LogP contribution in [-0.4, -0.2) is 55.4 Å². The number of rotatable bonds is 3. The van der Waals surface area contributed by atoms with Crippen LogP contribution >= 0.6 is 0 Å². The van der Waals surface area contributed by atoms with Crippen molar-refractivity contribution >= 4 is 16.9 Å². The Morgan fingerprint density at radius 3 is 2.66 bits per heavy atom. The van der Waals surface area contributed by atoms with E-state index in [1.807, 2.05) is 45.9 Å². The maximum Gasteiger partial charge on any atom is 0.264 e. The second-order valence-corrected chi connectivity index (χ2v) is 7.75. The number of aryl methyl sites for hydroxylation is 1. The number of nitrogens with zero attached hydrogens (tertiary/aromatic N) is 5. The quantitative estimate of drug-likeness (QED) is 0.676. The third-order valence-electron chi connectivity index (χ3n) is 5.44. The highest BCUT2D eigenvalue weighted by molar-refractivity contribution is 5.78. The van der Waals surface area contributed by atoms with E-state index in [4.69, 9.17) is 4.74 Å². The molecule has 152 valence electrons. The summed E-state index contributed by atoms with van der Waals surface area (Å²) >= 11 is 0. The minimum Gasteiger partial charge on any atom is -0.372 e. The summed E-state index contributed by atoms with van der Waals surface area (Å²) in [6.45, 7) is 8.94. The molecule has 0 bridgehead atoms. The molecule has 0 spiro atoms. The molecule has 1 amide bonds. The lowest BCUT2D eigenvalue weighted by Gasteiger charge is -2.35. The molecule has 0 aliphatic carbocycles. The van der Waals surface area contributed by atoms with Gasteiger partial charge < -0.3 is 9.64 Å². The zero-order chi connectivity index (χ0) is 20.7. The first-order chi connectivity index (χ1) is 13.8. The number of morpholine rings is 1. The molecular weight excluding hydrogens is 370 g/mol. The maximum atomic E-state index is 12.9. The Hall–Kier alpha value is -3.00. The average Bonchev–Trinajstić information content (AvgIpc) is 3.10. The van der Waals surface area contributed by atoms with Crippen molar-refractivity contribution in [2.24, 2.45) is 0 Å². The highest BCUT2D eigenvalue weighted by Gasteiger charge is 2.26. The summed E-state index contributed by atoms with van der Waals surface area (Å²) in [4.78, 5) is 31.9. The monoisotopic (exact) mass is 395 g/mol. The van der Waals surface area contributed by atoms with Crippen LogP contribution in [0.3, 0.4) is 0 Å². The van der Waals surface area contributed by atoms with E-state index < -0.39 is 0 Å².